The molecular formula is C31H33N9O3. The predicted molar refractivity (Wildman–Crippen MR) is 167 cm³/mol. The molecule has 12 heteroatoms. The quantitative estimate of drug-likeness (QED) is 0.175. The van der Waals surface area contributed by atoms with Gasteiger partial charge in [0.15, 0.2) is 5.82 Å². The van der Waals surface area contributed by atoms with Crippen molar-refractivity contribution in [2.75, 3.05) is 51.6 Å². The van der Waals surface area contributed by atoms with Crippen molar-refractivity contribution < 1.29 is 9.66 Å². The molecule has 0 fully saturated rings. The standard InChI is InChI=1S/C31H33N9O3/c1-37(2)16-17-38(3)24-19-26(43-4)23(18-25(24)40(41)42)36-31-34-14-11-22(35-31)27-21-10-5-8-20-9-6-15-39(28(20)21)29(27)30-32-12-7-13-33-30/h5,7-8,10-14,18-19H,6,9,15-17H2,1-4H3,(H,34,35,36). The smallest absolute Gasteiger partial charge is 0.294 e. The zero-order valence-electron chi connectivity index (χ0n) is 24.6. The molecule has 5 aromatic rings. The second kappa shape index (κ2) is 11.6. The topological polar surface area (TPSA) is 127 Å². The largest absolute Gasteiger partial charge is 0.494 e. The first-order valence-electron chi connectivity index (χ1n) is 14.1. The number of ether oxygens (including phenoxy) is 1. The lowest BCUT2D eigenvalue weighted by molar-refractivity contribution is -0.384. The molecule has 0 aliphatic carbocycles. The van der Waals surface area contributed by atoms with Crippen molar-refractivity contribution in [3.63, 3.8) is 0 Å². The Morgan fingerprint density at radius 1 is 1.05 bits per heavy atom. The first-order chi connectivity index (χ1) is 20.9. The van der Waals surface area contributed by atoms with E-state index in [1.807, 2.05) is 37.0 Å². The lowest BCUT2D eigenvalue weighted by atomic mass is 10.0. The molecule has 0 amide bonds. The Bertz CT molecular complexity index is 1800. The van der Waals surface area contributed by atoms with Gasteiger partial charge in [0.05, 0.1) is 34.6 Å². The van der Waals surface area contributed by atoms with Gasteiger partial charge >= 0.3 is 0 Å². The number of anilines is 3. The number of nitrogens with one attached hydrogen (secondary N) is 1. The third-order valence-electron chi connectivity index (χ3n) is 7.72. The summed E-state index contributed by atoms with van der Waals surface area (Å²) in [7, 11) is 7.29. The van der Waals surface area contributed by atoms with Crippen LogP contribution < -0.4 is 15.0 Å². The number of hydrogen-bond acceptors (Lipinski definition) is 10. The molecule has 43 heavy (non-hydrogen) atoms. The number of nitro benzene ring substituents is 1. The molecule has 6 rings (SSSR count). The van der Waals surface area contributed by atoms with E-state index < -0.39 is 0 Å². The SMILES string of the molecule is COc1cc(N(C)CCN(C)C)c([N+](=O)[O-])cc1Nc1nccc(-c2c(-c3ncccn3)n3c4c(cccc24)CCC3)n1. The Labute approximate surface area is 249 Å². The third-order valence-corrected chi connectivity index (χ3v) is 7.72. The van der Waals surface area contributed by atoms with Crippen LogP contribution in [-0.4, -0.2) is 75.7 Å². The highest BCUT2D eigenvalue weighted by Gasteiger charge is 2.27. The van der Waals surface area contributed by atoms with Crippen LogP contribution in [-0.2, 0) is 13.0 Å². The maximum atomic E-state index is 12.1. The third kappa shape index (κ3) is 5.32. The normalized spacial score (nSPS) is 12.5. The van der Waals surface area contributed by atoms with Crippen LogP contribution in [0.15, 0.2) is 61.1 Å². The molecule has 4 heterocycles. The van der Waals surface area contributed by atoms with Crippen molar-refractivity contribution in [3.8, 4) is 28.5 Å². The molecule has 3 aromatic heterocycles. The maximum Gasteiger partial charge on any atom is 0.294 e. The Morgan fingerprint density at radius 2 is 1.86 bits per heavy atom. The van der Waals surface area contributed by atoms with Crippen LogP contribution in [0.4, 0.5) is 23.0 Å². The summed E-state index contributed by atoms with van der Waals surface area (Å²) in [5, 5.41) is 16.4. The van der Waals surface area contributed by atoms with Crippen LogP contribution in [0.5, 0.6) is 5.75 Å². The highest BCUT2D eigenvalue weighted by molar-refractivity contribution is 6.04. The Morgan fingerprint density at radius 3 is 2.60 bits per heavy atom. The van der Waals surface area contributed by atoms with E-state index in [4.69, 9.17) is 9.72 Å². The van der Waals surface area contributed by atoms with Gasteiger partial charge in [-0.25, -0.2) is 19.9 Å². The summed E-state index contributed by atoms with van der Waals surface area (Å²) in [6, 6.07) is 13.2. The fourth-order valence-corrected chi connectivity index (χ4v) is 5.68. The fourth-order valence-electron chi connectivity index (χ4n) is 5.68. The molecule has 0 spiro atoms. The Balaban J connectivity index is 1.44. The van der Waals surface area contributed by atoms with E-state index in [1.165, 1.54) is 24.3 Å². The average Bonchev–Trinajstić information content (AvgIpc) is 3.36. The second-order valence-electron chi connectivity index (χ2n) is 10.8. The molecule has 1 N–H and O–H groups in total. The van der Waals surface area contributed by atoms with E-state index in [1.54, 1.807) is 30.7 Å². The van der Waals surface area contributed by atoms with E-state index in [-0.39, 0.29) is 16.6 Å². The molecule has 0 saturated carbocycles. The lowest BCUT2D eigenvalue weighted by Gasteiger charge is -2.22. The number of hydrogen-bond donors (Lipinski definition) is 1. The van der Waals surface area contributed by atoms with Crippen molar-refractivity contribution in [1.82, 2.24) is 29.4 Å². The maximum absolute atomic E-state index is 12.1. The zero-order valence-corrected chi connectivity index (χ0v) is 24.6. The summed E-state index contributed by atoms with van der Waals surface area (Å²) in [6.07, 6.45) is 7.20. The second-order valence-corrected chi connectivity index (χ2v) is 10.8. The van der Waals surface area contributed by atoms with Gasteiger partial charge in [0, 0.05) is 68.4 Å². The van der Waals surface area contributed by atoms with E-state index >= 15 is 0 Å². The van der Waals surface area contributed by atoms with Gasteiger partial charge in [0.2, 0.25) is 5.95 Å². The highest BCUT2D eigenvalue weighted by atomic mass is 16.6. The highest BCUT2D eigenvalue weighted by Crippen LogP contribution is 2.43. The molecule has 0 atom stereocenters. The number of methoxy groups -OCH3 is 1. The predicted octanol–water partition coefficient (Wildman–Crippen LogP) is 5.16. The van der Waals surface area contributed by atoms with Crippen LogP contribution in [0.1, 0.15) is 12.0 Å². The fraction of sp³-hybridized carbons (Fsp3) is 0.290. The molecule has 0 saturated heterocycles. The number of rotatable bonds is 10. The van der Waals surface area contributed by atoms with Crippen molar-refractivity contribution in [3.05, 3.63) is 76.7 Å². The lowest BCUT2D eigenvalue weighted by Crippen LogP contribution is -2.28. The molecule has 1 aliphatic rings. The minimum atomic E-state index is -0.385. The van der Waals surface area contributed by atoms with Crippen molar-refractivity contribution >= 4 is 33.9 Å². The number of likely N-dealkylation sites (N-methyl/N-ethyl adjacent to an activating group) is 2. The van der Waals surface area contributed by atoms with Gasteiger partial charge in [-0.05, 0) is 44.6 Å². The van der Waals surface area contributed by atoms with Crippen molar-refractivity contribution in [2.24, 2.45) is 0 Å². The first-order valence-corrected chi connectivity index (χ1v) is 14.1. The van der Waals surface area contributed by atoms with Crippen LogP contribution in [0.2, 0.25) is 0 Å². The molecule has 0 bridgehead atoms. The van der Waals surface area contributed by atoms with Gasteiger partial charge in [0.25, 0.3) is 5.69 Å². The van der Waals surface area contributed by atoms with Gasteiger partial charge in [-0.1, -0.05) is 18.2 Å². The summed E-state index contributed by atoms with van der Waals surface area (Å²) < 4.78 is 7.96. The first kappa shape index (κ1) is 28.0. The van der Waals surface area contributed by atoms with Gasteiger partial charge in [-0.2, -0.15) is 0 Å². The monoisotopic (exact) mass is 579 g/mol. The van der Waals surface area contributed by atoms with Gasteiger partial charge in [-0.3, -0.25) is 10.1 Å². The Kier molecular flexibility index (Phi) is 7.59. The number of aryl methyl sites for hydroxylation is 2. The summed E-state index contributed by atoms with van der Waals surface area (Å²) >= 11 is 0. The van der Waals surface area contributed by atoms with Crippen LogP contribution in [0.25, 0.3) is 33.7 Å². The van der Waals surface area contributed by atoms with Crippen molar-refractivity contribution in [1.29, 1.82) is 0 Å². The molecule has 220 valence electrons. The van der Waals surface area contributed by atoms with E-state index in [2.05, 4.69) is 43.0 Å². The summed E-state index contributed by atoms with van der Waals surface area (Å²) in [5.74, 6) is 1.35. The number of nitro groups is 1. The van der Waals surface area contributed by atoms with E-state index in [0.717, 1.165) is 42.6 Å². The number of para-hydroxylation sites is 1. The summed E-state index contributed by atoms with van der Waals surface area (Å²) in [6.45, 7) is 2.20. The average molecular weight is 580 g/mol. The van der Waals surface area contributed by atoms with E-state index in [9.17, 15) is 10.1 Å². The number of nitrogens with zero attached hydrogens (tertiary/aromatic N) is 8. The molecular weight excluding hydrogens is 546 g/mol. The number of benzene rings is 2. The minimum absolute atomic E-state index is 0.0433. The Hall–Kier alpha value is -5.10. The molecule has 0 radical (unpaired) electrons. The molecule has 12 nitrogen and oxygen atoms in total. The van der Waals surface area contributed by atoms with Gasteiger partial charge in [-0.15, -0.1) is 0 Å². The molecule has 1 aliphatic heterocycles. The van der Waals surface area contributed by atoms with Crippen LogP contribution in [0, 0.1) is 10.1 Å². The minimum Gasteiger partial charge on any atom is -0.494 e. The van der Waals surface area contributed by atoms with E-state index in [0.29, 0.717) is 35.2 Å². The van der Waals surface area contributed by atoms with Gasteiger partial charge in [0.1, 0.15) is 11.4 Å². The molecule has 0 unspecified atom stereocenters. The summed E-state index contributed by atoms with van der Waals surface area (Å²) in [4.78, 5) is 34.2. The number of aromatic nitrogens is 5. The van der Waals surface area contributed by atoms with Crippen LogP contribution in [0.3, 0.4) is 0 Å². The summed E-state index contributed by atoms with van der Waals surface area (Å²) in [5.41, 5.74) is 5.79. The van der Waals surface area contributed by atoms with Gasteiger partial charge < -0.3 is 24.4 Å². The van der Waals surface area contributed by atoms with Crippen molar-refractivity contribution in [2.45, 2.75) is 19.4 Å². The zero-order chi connectivity index (χ0) is 30.1. The van der Waals surface area contributed by atoms with Crippen LogP contribution >= 0.6 is 0 Å². The molecule has 2 aromatic carbocycles.